The summed E-state index contributed by atoms with van der Waals surface area (Å²) in [4.78, 5) is 34.1. The second-order valence-electron chi connectivity index (χ2n) is 4.76. The van der Waals surface area contributed by atoms with Gasteiger partial charge in [-0.1, -0.05) is 6.07 Å². The molecule has 0 spiro atoms. The van der Waals surface area contributed by atoms with E-state index in [1.165, 1.54) is 13.3 Å². The van der Waals surface area contributed by atoms with Gasteiger partial charge >= 0.3 is 17.2 Å². The topological polar surface area (TPSA) is 101 Å². The Labute approximate surface area is 144 Å². The molecule has 0 amide bonds. The average Bonchev–Trinajstić information content (AvgIpc) is 2.55. The number of hydrogen-bond donors (Lipinski definition) is 0. The van der Waals surface area contributed by atoms with Crippen LogP contribution in [-0.2, 0) is 11.3 Å². The molecule has 0 aliphatic carbocycles. The maximum Gasteiger partial charge on any atom is 0.339 e. The average molecular weight is 397 g/mol. The smallest absolute Gasteiger partial charge is 0.339 e. The first-order valence-electron chi connectivity index (χ1n) is 6.67. The van der Waals surface area contributed by atoms with Gasteiger partial charge < -0.3 is 14.0 Å². The Balaban J connectivity index is 2.51. The minimum absolute atomic E-state index is 0.0487. The van der Waals surface area contributed by atoms with Gasteiger partial charge in [-0.05, 0) is 33.6 Å². The van der Waals surface area contributed by atoms with Crippen LogP contribution in [0.4, 0.5) is 5.69 Å². The summed E-state index contributed by atoms with van der Waals surface area (Å²) in [5.41, 5.74) is -0.873. The summed E-state index contributed by atoms with van der Waals surface area (Å²) in [5.74, 6) is -0.150. The van der Waals surface area contributed by atoms with Crippen LogP contribution < -0.4 is 10.3 Å². The van der Waals surface area contributed by atoms with Crippen LogP contribution in [0.5, 0.6) is 5.75 Å². The number of nitrogens with zero attached hydrogens (tertiary/aromatic N) is 2. The van der Waals surface area contributed by atoms with Crippen LogP contribution in [0.2, 0.25) is 0 Å². The molecule has 0 unspecified atom stereocenters. The standard InChI is InChI=1S/C15H13BrN2O6/c1-23-13-4-3-9(5-11(13)16)7-17-8-10(15(20)24-2)6-12(14(17)19)18(21)22/h3-6,8H,7H2,1-2H3. The Hall–Kier alpha value is -2.68. The molecule has 1 aromatic heterocycles. The maximum absolute atomic E-state index is 12.2. The van der Waals surface area contributed by atoms with Crippen molar-refractivity contribution in [2.24, 2.45) is 0 Å². The molecule has 1 heterocycles. The predicted molar refractivity (Wildman–Crippen MR) is 88.5 cm³/mol. The highest BCUT2D eigenvalue weighted by atomic mass is 79.9. The normalized spacial score (nSPS) is 10.3. The van der Waals surface area contributed by atoms with Gasteiger partial charge in [0, 0.05) is 12.3 Å². The zero-order chi connectivity index (χ0) is 17.9. The fourth-order valence-corrected chi connectivity index (χ4v) is 2.69. The Kier molecular flexibility index (Phi) is 5.35. The fraction of sp³-hybridized carbons (Fsp3) is 0.200. The Morgan fingerprint density at radius 3 is 2.58 bits per heavy atom. The molecule has 0 aliphatic rings. The summed E-state index contributed by atoms with van der Waals surface area (Å²) in [6.45, 7) is 0.0487. The van der Waals surface area contributed by atoms with Crippen LogP contribution in [0.1, 0.15) is 15.9 Å². The summed E-state index contributed by atoms with van der Waals surface area (Å²) in [6, 6.07) is 6.05. The maximum atomic E-state index is 12.2. The summed E-state index contributed by atoms with van der Waals surface area (Å²) in [5, 5.41) is 11.0. The summed E-state index contributed by atoms with van der Waals surface area (Å²) < 4.78 is 11.5. The molecule has 8 nitrogen and oxygen atoms in total. The molecule has 9 heteroatoms. The molecule has 0 atom stereocenters. The quantitative estimate of drug-likeness (QED) is 0.436. The van der Waals surface area contributed by atoms with E-state index in [1.54, 1.807) is 18.2 Å². The van der Waals surface area contributed by atoms with Crippen LogP contribution in [0.25, 0.3) is 0 Å². The van der Waals surface area contributed by atoms with Crippen molar-refractivity contribution >= 4 is 27.6 Å². The molecular formula is C15H13BrN2O6. The second kappa shape index (κ2) is 7.26. The van der Waals surface area contributed by atoms with E-state index in [-0.39, 0.29) is 12.1 Å². The van der Waals surface area contributed by atoms with Crippen molar-refractivity contribution in [1.82, 2.24) is 4.57 Å². The molecule has 0 aliphatic heterocycles. The van der Waals surface area contributed by atoms with Crippen molar-refractivity contribution in [1.29, 1.82) is 0 Å². The molecule has 0 saturated carbocycles. The first-order valence-corrected chi connectivity index (χ1v) is 7.46. The first kappa shape index (κ1) is 17.7. The van der Waals surface area contributed by atoms with Crippen LogP contribution in [0, 0.1) is 10.1 Å². The zero-order valence-electron chi connectivity index (χ0n) is 12.8. The highest BCUT2D eigenvalue weighted by molar-refractivity contribution is 9.10. The van der Waals surface area contributed by atoms with E-state index in [0.29, 0.717) is 15.8 Å². The number of pyridine rings is 1. The zero-order valence-corrected chi connectivity index (χ0v) is 14.4. The van der Waals surface area contributed by atoms with Crippen molar-refractivity contribution in [3.05, 3.63) is 66.5 Å². The molecule has 2 rings (SSSR count). The lowest BCUT2D eigenvalue weighted by molar-refractivity contribution is -0.386. The number of hydrogen-bond acceptors (Lipinski definition) is 6. The van der Waals surface area contributed by atoms with Crippen LogP contribution in [0.15, 0.2) is 39.7 Å². The molecule has 126 valence electrons. The van der Waals surface area contributed by atoms with E-state index < -0.39 is 22.1 Å². The van der Waals surface area contributed by atoms with E-state index in [9.17, 15) is 19.7 Å². The van der Waals surface area contributed by atoms with Gasteiger partial charge in [0.2, 0.25) is 0 Å². The molecule has 0 saturated heterocycles. The van der Waals surface area contributed by atoms with Crippen molar-refractivity contribution in [2.75, 3.05) is 14.2 Å². The monoisotopic (exact) mass is 396 g/mol. The molecule has 1 aromatic carbocycles. The summed E-state index contributed by atoms with van der Waals surface area (Å²) in [7, 11) is 2.68. The predicted octanol–water partition coefficient (Wildman–Crippen LogP) is 2.36. The van der Waals surface area contributed by atoms with Gasteiger partial charge in [-0.25, -0.2) is 4.79 Å². The number of rotatable bonds is 5. The number of carbonyl (C=O) groups excluding carboxylic acids is 1. The number of benzene rings is 1. The van der Waals surface area contributed by atoms with E-state index in [2.05, 4.69) is 20.7 Å². The Morgan fingerprint density at radius 2 is 2.04 bits per heavy atom. The van der Waals surface area contributed by atoms with Gasteiger partial charge in [0.25, 0.3) is 0 Å². The lowest BCUT2D eigenvalue weighted by atomic mass is 10.2. The van der Waals surface area contributed by atoms with E-state index >= 15 is 0 Å². The second-order valence-corrected chi connectivity index (χ2v) is 5.62. The number of esters is 1. The molecule has 0 fully saturated rings. The van der Waals surface area contributed by atoms with E-state index in [4.69, 9.17) is 4.74 Å². The fourth-order valence-electron chi connectivity index (χ4n) is 2.10. The summed E-state index contributed by atoms with van der Waals surface area (Å²) >= 11 is 3.33. The van der Waals surface area contributed by atoms with Gasteiger partial charge in [-0.2, -0.15) is 0 Å². The molecular weight excluding hydrogens is 384 g/mol. The van der Waals surface area contributed by atoms with Gasteiger partial charge in [0.15, 0.2) is 0 Å². The largest absolute Gasteiger partial charge is 0.496 e. The van der Waals surface area contributed by atoms with Gasteiger partial charge in [-0.15, -0.1) is 0 Å². The first-order chi connectivity index (χ1) is 11.4. The van der Waals surface area contributed by atoms with Crippen molar-refractivity contribution in [3.63, 3.8) is 0 Å². The molecule has 0 bridgehead atoms. The number of aromatic nitrogens is 1. The number of nitro groups is 1. The van der Waals surface area contributed by atoms with Gasteiger partial charge in [-0.3, -0.25) is 14.9 Å². The number of methoxy groups -OCH3 is 2. The van der Waals surface area contributed by atoms with Crippen LogP contribution in [-0.4, -0.2) is 29.7 Å². The number of halogens is 1. The minimum atomic E-state index is -0.824. The van der Waals surface area contributed by atoms with Crippen molar-refractivity contribution < 1.29 is 19.2 Å². The lowest BCUT2D eigenvalue weighted by Gasteiger charge is -2.10. The Bertz CT molecular complexity index is 862. The number of ether oxygens (including phenoxy) is 2. The van der Waals surface area contributed by atoms with Crippen LogP contribution >= 0.6 is 15.9 Å². The molecule has 2 aromatic rings. The highest BCUT2D eigenvalue weighted by Crippen LogP contribution is 2.25. The molecule has 0 radical (unpaired) electrons. The van der Waals surface area contributed by atoms with E-state index in [1.807, 2.05) is 0 Å². The Morgan fingerprint density at radius 1 is 1.33 bits per heavy atom. The number of carbonyl (C=O) groups is 1. The third-order valence-corrected chi connectivity index (χ3v) is 3.87. The van der Waals surface area contributed by atoms with Gasteiger partial charge in [0.05, 0.1) is 35.7 Å². The summed E-state index contributed by atoms with van der Waals surface area (Å²) in [6.07, 6.45) is 1.24. The van der Waals surface area contributed by atoms with Crippen LogP contribution in [0.3, 0.4) is 0 Å². The molecule has 24 heavy (non-hydrogen) atoms. The van der Waals surface area contributed by atoms with E-state index in [0.717, 1.165) is 17.7 Å². The third kappa shape index (κ3) is 3.62. The van der Waals surface area contributed by atoms with Crippen molar-refractivity contribution in [2.45, 2.75) is 6.54 Å². The SMILES string of the molecule is COC(=O)c1cc([N+](=O)[O-])c(=O)n(Cc2ccc(OC)c(Br)c2)c1. The van der Waals surface area contributed by atoms with Crippen molar-refractivity contribution in [3.8, 4) is 5.75 Å². The lowest BCUT2D eigenvalue weighted by Crippen LogP contribution is -2.24. The third-order valence-electron chi connectivity index (χ3n) is 3.25. The van der Waals surface area contributed by atoms with Gasteiger partial charge in [0.1, 0.15) is 5.75 Å². The highest BCUT2D eigenvalue weighted by Gasteiger charge is 2.20. The molecule has 0 N–H and O–H groups in total. The minimum Gasteiger partial charge on any atom is -0.496 e.